The first kappa shape index (κ1) is 10.2. The van der Waals surface area contributed by atoms with Gasteiger partial charge >= 0.3 is 5.97 Å². The molecule has 0 fully saturated rings. The van der Waals surface area contributed by atoms with Crippen LogP contribution in [0.15, 0.2) is 35.0 Å². The van der Waals surface area contributed by atoms with Gasteiger partial charge < -0.3 is 15.0 Å². The Labute approximate surface area is 91.8 Å². The number of nitrogen functional groups attached to an aromatic ring is 1. The summed E-state index contributed by atoms with van der Waals surface area (Å²) in [5, 5.41) is 3.40. The van der Waals surface area contributed by atoms with Crippen molar-refractivity contribution in [1.82, 2.24) is 5.16 Å². The van der Waals surface area contributed by atoms with Gasteiger partial charge in [-0.2, -0.15) is 0 Å². The number of ether oxygens (including phenoxy) is 1. The van der Waals surface area contributed by atoms with E-state index >= 15 is 0 Å². The molecule has 0 aliphatic rings. The summed E-state index contributed by atoms with van der Waals surface area (Å²) < 4.78 is 9.65. The lowest BCUT2D eigenvalue weighted by atomic mass is 10.2. The lowest BCUT2D eigenvalue weighted by Gasteiger charge is -2.02. The Balaban J connectivity index is 2.14. The fraction of sp³-hybridized carbons (Fsp3) is 0.0909. The molecule has 0 saturated heterocycles. The predicted molar refractivity (Wildman–Crippen MR) is 57.1 cm³/mol. The fourth-order valence-corrected chi connectivity index (χ4v) is 1.17. The number of carbonyl (C=O) groups is 1. The Kier molecular flexibility index (Phi) is 2.59. The molecule has 0 unspecified atom stereocenters. The lowest BCUT2D eigenvalue weighted by molar-refractivity contribution is 0.0735. The molecule has 1 aromatic heterocycles. The number of hydrogen-bond acceptors (Lipinski definition) is 5. The third-order valence-corrected chi connectivity index (χ3v) is 2.05. The van der Waals surface area contributed by atoms with Crippen molar-refractivity contribution >= 4 is 11.9 Å². The van der Waals surface area contributed by atoms with Crippen LogP contribution in [0.25, 0.3) is 0 Å². The number of carbonyl (C=O) groups excluding carboxylic acids is 1. The minimum absolute atomic E-state index is 0.0443. The highest BCUT2D eigenvalue weighted by molar-refractivity contribution is 5.94. The van der Waals surface area contributed by atoms with Gasteiger partial charge in [-0.05, 0) is 19.1 Å². The molecule has 2 rings (SSSR count). The van der Waals surface area contributed by atoms with Crippen molar-refractivity contribution in [2.45, 2.75) is 6.92 Å². The van der Waals surface area contributed by atoms with E-state index in [1.807, 2.05) is 19.1 Å². The number of anilines is 1. The number of aryl methyl sites for hydroxylation is 1. The van der Waals surface area contributed by atoms with Crippen LogP contribution < -0.4 is 10.5 Å². The number of esters is 1. The minimum atomic E-state index is -0.581. The van der Waals surface area contributed by atoms with Crippen molar-refractivity contribution < 1.29 is 14.1 Å². The van der Waals surface area contributed by atoms with Crippen LogP contribution in [-0.4, -0.2) is 11.1 Å². The molecule has 0 aliphatic carbocycles. The summed E-state index contributed by atoms with van der Waals surface area (Å²) in [4.78, 5) is 11.6. The fourth-order valence-electron chi connectivity index (χ4n) is 1.17. The van der Waals surface area contributed by atoms with Crippen LogP contribution in [0.3, 0.4) is 0 Å². The molecule has 5 nitrogen and oxygen atoms in total. The van der Waals surface area contributed by atoms with Crippen LogP contribution in [0, 0.1) is 6.92 Å². The monoisotopic (exact) mass is 218 g/mol. The molecule has 16 heavy (non-hydrogen) atoms. The minimum Gasteiger partial charge on any atom is -0.423 e. The summed E-state index contributed by atoms with van der Waals surface area (Å²) >= 11 is 0. The maximum absolute atomic E-state index is 11.6. The summed E-state index contributed by atoms with van der Waals surface area (Å²) in [6, 6.07) is 7.10. The zero-order valence-corrected chi connectivity index (χ0v) is 8.64. The van der Waals surface area contributed by atoms with Crippen LogP contribution >= 0.6 is 0 Å². The summed E-state index contributed by atoms with van der Waals surface area (Å²) in [6.07, 6.45) is 1.23. The highest BCUT2D eigenvalue weighted by atomic mass is 16.5. The molecule has 0 spiro atoms. The highest BCUT2D eigenvalue weighted by Gasteiger charge is 2.15. The summed E-state index contributed by atoms with van der Waals surface area (Å²) in [5.74, 6) is -0.170. The molecule has 2 aromatic rings. The van der Waals surface area contributed by atoms with Gasteiger partial charge in [-0.15, -0.1) is 0 Å². The Morgan fingerprint density at radius 1 is 1.38 bits per heavy atom. The van der Waals surface area contributed by atoms with E-state index in [4.69, 9.17) is 10.5 Å². The van der Waals surface area contributed by atoms with Gasteiger partial charge in [0.15, 0.2) is 0 Å². The van der Waals surface area contributed by atoms with E-state index in [0.717, 1.165) is 5.56 Å². The van der Waals surface area contributed by atoms with Crippen LogP contribution in [0.5, 0.6) is 5.75 Å². The second-order valence-corrected chi connectivity index (χ2v) is 3.31. The molecule has 0 bridgehead atoms. The van der Waals surface area contributed by atoms with E-state index in [1.54, 1.807) is 12.1 Å². The van der Waals surface area contributed by atoms with Gasteiger partial charge in [0.1, 0.15) is 11.3 Å². The molecule has 1 heterocycles. The van der Waals surface area contributed by atoms with Crippen molar-refractivity contribution in [2.24, 2.45) is 0 Å². The average Bonchev–Trinajstić information content (AvgIpc) is 2.68. The van der Waals surface area contributed by atoms with Crippen LogP contribution in [-0.2, 0) is 0 Å². The molecule has 0 saturated carbocycles. The van der Waals surface area contributed by atoms with E-state index < -0.39 is 5.97 Å². The molecular weight excluding hydrogens is 208 g/mol. The summed E-state index contributed by atoms with van der Waals surface area (Å²) in [7, 11) is 0. The Morgan fingerprint density at radius 3 is 2.62 bits per heavy atom. The van der Waals surface area contributed by atoms with Crippen molar-refractivity contribution in [3.8, 4) is 5.75 Å². The van der Waals surface area contributed by atoms with E-state index in [0.29, 0.717) is 5.75 Å². The van der Waals surface area contributed by atoms with E-state index in [-0.39, 0.29) is 11.4 Å². The van der Waals surface area contributed by atoms with Gasteiger partial charge in [0.2, 0.25) is 5.88 Å². The first-order valence-corrected chi connectivity index (χ1v) is 4.66. The maximum Gasteiger partial charge on any atom is 0.350 e. The van der Waals surface area contributed by atoms with Crippen LogP contribution in [0.1, 0.15) is 15.9 Å². The van der Waals surface area contributed by atoms with Gasteiger partial charge in [0.25, 0.3) is 0 Å². The van der Waals surface area contributed by atoms with Crippen LogP contribution in [0.2, 0.25) is 0 Å². The number of benzene rings is 1. The summed E-state index contributed by atoms with van der Waals surface area (Å²) in [5.41, 5.74) is 6.60. The third kappa shape index (κ3) is 2.03. The van der Waals surface area contributed by atoms with Gasteiger partial charge in [-0.25, -0.2) is 4.79 Å². The Bertz CT molecular complexity index is 502. The molecule has 1 aromatic carbocycles. The van der Waals surface area contributed by atoms with E-state index in [1.165, 1.54) is 6.20 Å². The molecule has 0 atom stereocenters. The van der Waals surface area contributed by atoms with Crippen molar-refractivity contribution in [2.75, 3.05) is 5.73 Å². The molecular formula is C11H10N2O3. The standard InChI is InChI=1S/C11H10N2O3/c1-7-2-4-8(5-3-7)15-11(14)9-6-13-16-10(9)12/h2-6H,12H2,1H3. The topological polar surface area (TPSA) is 78.3 Å². The normalized spacial score (nSPS) is 10.1. The average molecular weight is 218 g/mol. The van der Waals surface area contributed by atoms with Crippen LogP contribution in [0.4, 0.5) is 5.88 Å². The first-order valence-electron chi connectivity index (χ1n) is 4.66. The predicted octanol–water partition coefficient (Wildman–Crippen LogP) is 1.78. The largest absolute Gasteiger partial charge is 0.423 e. The third-order valence-electron chi connectivity index (χ3n) is 2.05. The number of nitrogens with two attached hydrogens (primary N) is 1. The molecule has 82 valence electrons. The quantitative estimate of drug-likeness (QED) is 0.614. The number of hydrogen-bond donors (Lipinski definition) is 1. The van der Waals surface area contributed by atoms with E-state index in [9.17, 15) is 4.79 Å². The second kappa shape index (κ2) is 4.06. The zero-order valence-electron chi connectivity index (χ0n) is 8.64. The molecule has 0 aliphatic heterocycles. The van der Waals surface area contributed by atoms with Gasteiger partial charge in [-0.3, -0.25) is 0 Å². The smallest absolute Gasteiger partial charge is 0.350 e. The number of aromatic nitrogens is 1. The molecule has 0 amide bonds. The molecule has 5 heteroatoms. The van der Waals surface area contributed by atoms with Gasteiger partial charge in [-0.1, -0.05) is 22.9 Å². The first-order chi connectivity index (χ1) is 7.66. The van der Waals surface area contributed by atoms with Crippen molar-refractivity contribution in [1.29, 1.82) is 0 Å². The number of nitrogens with zero attached hydrogens (tertiary/aromatic N) is 1. The highest BCUT2D eigenvalue weighted by Crippen LogP contribution is 2.16. The number of rotatable bonds is 2. The van der Waals surface area contributed by atoms with E-state index in [2.05, 4.69) is 9.68 Å². The summed E-state index contributed by atoms with van der Waals surface area (Å²) in [6.45, 7) is 1.95. The zero-order chi connectivity index (χ0) is 11.5. The van der Waals surface area contributed by atoms with Crippen molar-refractivity contribution in [3.05, 3.63) is 41.6 Å². The Hall–Kier alpha value is -2.30. The lowest BCUT2D eigenvalue weighted by Crippen LogP contribution is -2.09. The Morgan fingerprint density at radius 2 is 2.06 bits per heavy atom. The van der Waals surface area contributed by atoms with Gasteiger partial charge in [0.05, 0.1) is 6.20 Å². The second-order valence-electron chi connectivity index (χ2n) is 3.31. The SMILES string of the molecule is Cc1ccc(OC(=O)c2cnoc2N)cc1. The van der Waals surface area contributed by atoms with Gasteiger partial charge in [0, 0.05) is 0 Å². The maximum atomic E-state index is 11.6. The molecule has 2 N–H and O–H groups in total. The van der Waals surface area contributed by atoms with Crippen molar-refractivity contribution in [3.63, 3.8) is 0 Å². The molecule has 0 radical (unpaired) electrons.